The van der Waals surface area contributed by atoms with E-state index in [1.165, 1.54) is 21.1 Å². The Morgan fingerprint density at radius 1 is 1.00 bits per heavy atom. The molecule has 2 fully saturated rings. The van der Waals surface area contributed by atoms with Crippen LogP contribution in [0.15, 0.2) is 47.4 Å². The third-order valence-electron chi connectivity index (χ3n) is 7.01. The average molecular weight is 486 g/mol. The number of hydrogen-bond donors (Lipinski definition) is 0. The van der Waals surface area contributed by atoms with Gasteiger partial charge in [-0.25, -0.2) is 8.42 Å². The zero-order valence-electron chi connectivity index (χ0n) is 20.4. The normalized spacial score (nSPS) is 19.8. The monoisotopic (exact) mass is 485 g/mol. The van der Waals surface area contributed by atoms with Crippen LogP contribution >= 0.6 is 0 Å². The van der Waals surface area contributed by atoms with E-state index >= 15 is 0 Å². The molecule has 0 spiro atoms. The summed E-state index contributed by atoms with van der Waals surface area (Å²) in [6.07, 6.45) is 1.42. The highest BCUT2D eigenvalue weighted by Crippen LogP contribution is 2.28. The van der Waals surface area contributed by atoms with Gasteiger partial charge in [-0.05, 0) is 75.1 Å². The van der Waals surface area contributed by atoms with E-state index in [1.54, 1.807) is 24.3 Å². The summed E-state index contributed by atoms with van der Waals surface area (Å²) >= 11 is 0. The van der Waals surface area contributed by atoms with Gasteiger partial charge >= 0.3 is 0 Å². The van der Waals surface area contributed by atoms with E-state index in [2.05, 4.69) is 36.9 Å². The summed E-state index contributed by atoms with van der Waals surface area (Å²) in [7, 11) is -3.65. The lowest BCUT2D eigenvalue weighted by molar-refractivity contribution is -0.137. The molecule has 1 atom stereocenters. The van der Waals surface area contributed by atoms with Gasteiger partial charge in [0, 0.05) is 45.0 Å². The fourth-order valence-electron chi connectivity index (χ4n) is 4.89. The first-order chi connectivity index (χ1) is 16.3. The molecule has 34 heavy (non-hydrogen) atoms. The summed E-state index contributed by atoms with van der Waals surface area (Å²) in [5, 5.41) is 0. The SMILES string of the molecule is CCOc1ccc(S(=O)(=O)N2CCC[C@@H](C(=O)N3CCN(c4cccc(C)c4C)CC3)C2)cc1. The number of aryl methyl sites for hydroxylation is 1. The van der Waals surface area contributed by atoms with Crippen molar-refractivity contribution in [2.45, 2.75) is 38.5 Å². The van der Waals surface area contributed by atoms with Gasteiger partial charge in [-0.2, -0.15) is 4.31 Å². The predicted octanol–water partition coefficient (Wildman–Crippen LogP) is 3.45. The zero-order valence-corrected chi connectivity index (χ0v) is 21.2. The molecule has 0 saturated carbocycles. The first kappa shape index (κ1) is 24.5. The van der Waals surface area contributed by atoms with E-state index in [0.29, 0.717) is 38.4 Å². The van der Waals surface area contributed by atoms with Crippen LogP contribution in [0.2, 0.25) is 0 Å². The lowest BCUT2D eigenvalue weighted by Crippen LogP contribution is -2.53. The maximum atomic E-state index is 13.3. The van der Waals surface area contributed by atoms with Gasteiger partial charge in [0.15, 0.2) is 0 Å². The van der Waals surface area contributed by atoms with Crippen LogP contribution in [0.25, 0.3) is 0 Å². The Bertz CT molecular complexity index is 1110. The highest BCUT2D eigenvalue weighted by Gasteiger charge is 2.36. The van der Waals surface area contributed by atoms with E-state index in [9.17, 15) is 13.2 Å². The van der Waals surface area contributed by atoms with Crippen molar-refractivity contribution in [1.29, 1.82) is 0 Å². The summed E-state index contributed by atoms with van der Waals surface area (Å²) in [4.78, 5) is 17.8. The van der Waals surface area contributed by atoms with Gasteiger partial charge in [-0.3, -0.25) is 4.79 Å². The quantitative estimate of drug-likeness (QED) is 0.627. The number of hydrogen-bond acceptors (Lipinski definition) is 5. The number of ether oxygens (including phenoxy) is 1. The summed E-state index contributed by atoms with van der Waals surface area (Å²) in [6.45, 7) is 10.3. The number of benzene rings is 2. The number of anilines is 1. The van der Waals surface area contributed by atoms with Crippen molar-refractivity contribution in [1.82, 2.24) is 9.21 Å². The molecule has 0 N–H and O–H groups in total. The summed E-state index contributed by atoms with van der Waals surface area (Å²) < 4.78 is 33.3. The second kappa shape index (κ2) is 10.4. The molecule has 0 bridgehead atoms. The summed E-state index contributed by atoms with van der Waals surface area (Å²) in [6, 6.07) is 12.9. The molecule has 8 heteroatoms. The number of carbonyl (C=O) groups excluding carboxylic acids is 1. The minimum absolute atomic E-state index is 0.0761. The molecular weight excluding hydrogens is 450 g/mol. The number of piperidine rings is 1. The molecule has 7 nitrogen and oxygen atoms in total. The first-order valence-corrected chi connectivity index (χ1v) is 13.6. The Morgan fingerprint density at radius 2 is 1.71 bits per heavy atom. The van der Waals surface area contributed by atoms with Gasteiger partial charge in [-0.1, -0.05) is 12.1 Å². The number of nitrogens with zero attached hydrogens (tertiary/aromatic N) is 3. The number of sulfonamides is 1. The number of amides is 1. The Labute approximate surface area is 203 Å². The third-order valence-corrected chi connectivity index (χ3v) is 8.89. The van der Waals surface area contributed by atoms with E-state index in [0.717, 1.165) is 19.5 Å². The topological polar surface area (TPSA) is 70.2 Å². The number of rotatable bonds is 6. The lowest BCUT2D eigenvalue weighted by atomic mass is 9.97. The van der Waals surface area contributed by atoms with Crippen LogP contribution in [0.5, 0.6) is 5.75 Å². The predicted molar refractivity (Wildman–Crippen MR) is 134 cm³/mol. The molecule has 2 aromatic rings. The van der Waals surface area contributed by atoms with Crippen molar-refractivity contribution in [3.05, 3.63) is 53.6 Å². The lowest BCUT2D eigenvalue weighted by Gasteiger charge is -2.40. The van der Waals surface area contributed by atoms with Crippen LogP contribution < -0.4 is 9.64 Å². The van der Waals surface area contributed by atoms with Crippen molar-refractivity contribution >= 4 is 21.6 Å². The minimum atomic E-state index is -3.65. The van der Waals surface area contributed by atoms with E-state index in [4.69, 9.17) is 4.74 Å². The minimum Gasteiger partial charge on any atom is -0.494 e. The zero-order chi connectivity index (χ0) is 24.3. The Kier molecular flexibility index (Phi) is 7.48. The van der Waals surface area contributed by atoms with Crippen LogP contribution in [0.1, 0.15) is 30.9 Å². The average Bonchev–Trinajstić information content (AvgIpc) is 2.86. The fraction of sp³-hybridized carbons (Fsp3) is 0.500. The van der Waals surface area contributed by atoms with Gasteiger partial charge in [0.1, 0.15) is 5.75 Å². The molecule has 0 aromatic heterocycles. The van der Waals surface area contributed by atoms with Crippen molar-refractivity contribution in [3.8, 4) is 5.75 Å². The Morgan fingerprint density at radius 3 is 2.38 bits per heavy atom. The highest BCUT2D eigenvalue weighted by atomic mass is 32.2. The van der Waals surface area contributed by atoms with Crippen LogP contribution in [0.3, 0.4) is 0 Å². The first-order valence-electron chi connectivity index (χ1n) is 12.1. The maximum absolute atomic E-state index is 13.3. The summed E-state index contributed by atoms with van der Waals surface area (Å²) in [5.74, 6) is 0.429. The van der Waals surface area contributed by atoms with Crippen LogP contribution in [-0.2, 0) is 14.8 Å². The van der Waals surface area contributed by atoms with Gasteiger partial charge in [0.05, 0.1) is 17.4 Å². The van der Waals surface area contributed by atoms with E-state index < -0.39 is 10.0 Å². The smallest absolute Gasteiger partial charge is 0.243 e. The summed E-state index contributed by atoms with van der Waals surface area (Å²) in [5.41, 5.74) is 3.79. The van der Waals surface area contributed by atoms with Gasteiger partial charge < -0.3 is 14.5 Å². The second-order valence-corrected chi connectivity index (χ2v) is 11.1. The molecule has 2 heterocycles. The molecule has 2 aliphatic rings. The maximum Gasteiger partial charge on any atom is 0.243 e. The fourth-order valence-corrected chi connectivity index (χ4v) is 6.41. The van der Waals surface area contributed by atoms with Crippen LogP contribution in [-0.4, -0.2) is 69.4 Å². The molecule has 0 aliphatic carbocycles. The van der Waals surface area contributed by atoms with Gasteiger partial charge in [0.2, 0.25) is 15.9 Å². The largest absolute Gasteiger partial charge is 0.494 e. The van der Waals surface area contributed by atoms with Crippen molar-refractivity contribution in [3.63, 3.8) is 0 Å². The van der Waals surface area contributed by atoms with Crippen molar-refractivity contribution in [2.75, 3.05) is 50.8 Å². The molecule has 1 amide bonds. The molecular formula is C26H35N3O4S. The van der Waals surface area contributed by atoms with Crippen LogP contribution in [0.4, 0.5) is 5.69 Å². The number of carbonyl (C=O) groups is 1. The molecule has 2 saturated heterocycles. The Hall–Kier alpha value is -2.58. The molecule has 2 aromatic carbocycles. The second-order valence-electron chi connectivity index (χ2n) is 9.14. The highest BCUT2D eigenvalue weighted by molar-refractivity contribution is 7.89. The Balaban J connectivity index is 1.38. The molecule has 2 aliphatic heterocycles. The van der Waals surface area contributed by atoms with Gasteiger partial charge in [-0.15, -0.1) is 0 Å². The molecule has 0 radical (unpaired) electrons. The van der Waals surface area contributed by atoms with Gasteiger partial charge in [0.25, 0.3) is 0 Å². The molecule has 4 rings (SSSR count). The van der Waals surface area contributed by atoms with E-state index in [1.807, 2.05) is 11.8 Å². The van der Waals surface area contributed by atoms with Crippen molar-refractivity contribution in [2.24, 2.45) is 5.92 Å². The third kappa shape index (κ3) is 5.08. The van der Waals surface area contributed by atoms with E-state index in [-0.39, 0.29) is 23.3 Å². The molecule has 0 unspecified atom stereocenters. The van der Waals surface area contributed by atoms with Crippen LogP contribution in [0, 0.1) is 19.8 Å². The standard InChI is InChI=1S/C26H35N3O4S/c1-4-33-23-10-12-24(13-11-23)34(31,32)29-14-6-8-22(19-29)26(30)28-17-15-27(16-18-28)25-9-5-7-20(2)21(25)3/h5,7,9-13,22H,4,6,8,14-19H2,1-3H3/t22-/m1/s1. The van der Waals surface area contributed by atoms with Crippen molar-refractivity contribution < 1.29 is 17.9 Å². The molecule has 184 valence electrons. The number of piperazine rings is 1.